The molecule has 0 aliphatic rings. The summed E-state index contributed by atoms with van der Waals surface area (Å²) >= 11 is 4.66. The summed E-state index contributed by atoms with van der Waals surface area (Å²) in [6.07, 6.45) is 0.119. The van der Waals surface area contributed by atoms with Crippen LogP contribution in [0, 0.1) is 11.6 Å². The molecule has 0 bridgehead atoms. The second kappa shape index (κ2) is 7.14. The Hall–Kier alpha value is -1.76. The van der Waals surface area contributed by atoms with Crippen LogP contribution in [0.5, 0.6) is 0 Å². The third-order valence-corrected chi connectivity index (χ3v) is 2.67. The Bertz CT molecular complexity index is 497. The maximum atomic E-state index is 13.7. The average molecular weight is 301 g/mol. The molecule has 0 saturated heterocycles. The van der Waals surface area contributed by atoms with Crippen LogP contribution in [0.4, 0.5) is 14.5 Å². The van der Waals surface area contributed by atoms with Crippen LogP contribution in [-0.4, -0.2) is 23.5 Å². The highest BCUT2D eigenvalue weighted by atomic mass is 32.1. The van der Waals surface area contributed by atoms with E-state index in [1.807, 2.05) is 13.8 Å². The van der Waals surface area contributed by atoms with Crippen LogP contribution in [0.3, 0.4) is 0 Å². The number of carbonyl (C=O) groups excluding carboxylic acids is 1. The quantitative estimate of drug-likeness (QED) is 0.702. The molecule has 0 heterocycles. The second-order valence-corrected chi connectivity index (χ2v) is 5.02. The van der Waals surface area contributed by atoms with Crippen molar-refractivity contribution in [3.8, 4) is 0 Å². The Morgan fingerprint density at radius 2 is 1.90 bits per heavy atom. The summed E-state index contributed by atoms with van der Waals surface area (Å²) in [4.78, 5) is 11.3. The molecule has 0 radical (unpaired) electrons. The van der Waals surface area contributed by atoms with E-state index >= 15 is 0 Å². The molecule has 1 aromatic rings. The highest BCUT2D eigenvalue weighted by Crippen LogP contribution is 2.20. The van der Waals surface area contributed by atoms with Gasteiger partial charge in [-0.25, -0.2) is 8.78 Å². The van der Waals surface area contributed by atoms with Crippen molar-refractivity contribution in [3.05, 3.63) is 29.3 Å². The van der Waals surface area contributed by atoms with Gasteiger partial charge in [0.1, 0.15) is 22.3 Å². The smallest absolute Gasteiger partial charge is 0.221 e. The standard InChI is InChI=1S/C13H17F2N3OS/c1-7(2)18-11(19)3-4-17-12-9(14)5-8(13(16)20)6-10(12)15/h5-7,17H,3-4H2,1-2H3,(H2,16,20)(H,18,19). The molecule has 0 atom stereocenters. The maximum Gasteiger partial charge on any atom is 0.221 e. The number of carbonyl (C=O) groups is 1. The first-order valence-corrected chi connectivity index (χ1v) is 6.54. The number of rotatable bonds is 6. The van der Waals surface area contributed by atoms with Gasteiger partial charge in [-0.15, -0.1) is 0 Å². The summed E-state index contributed by atoms with van der Waals surface area (Å²) in [6, 6.07) is 2.14. The summed E-state index contributed by atoms with van der Waals surface area (Å²) in [5.74, 6) is -1.78. The van der Waals surface area contributed by atoms with Crippen LogP contribution in [0.25, 0.3) is 0 Å². The van der Waals surface area contributed by atoms with Gasteiger partial charge >= 0.3 is 0 Å². The molecule has 0 fully saturated rings. The molecule has 20 heavy (non-hydrogen) atoms. The van der Waals surface area contributed by atoms with Crippen LogP contribution >= 0.6 is 12.2 Å². The molecule has 0 aromatic heterocycles. The fourth-order valence-corrected chi connectivity index (χ4v) is 1.70. The molecule has 110 valence electrons. The van der Waals surface area contributed by atoms with Gasteiger partial charge in [0.25, 0.3) is 0 Å². The minimum absolute atomic E-state index is 0.0285. The first-order valence-electron chi connectivity index (χ1n) is 6.13. The molecule has 7 heteroatoms. The molecular weight excluding hydrogens is 284 g/mol. The number of amides is 1. The number of nitrogens with one attached hydrogen (secondary N) is 2. The number of benzene rings is 1. The molecule has 0 aliphatic heterocycles. The van der Waals surface area contributed by atoms with E-state index in [1.165, 1.54) is 0 Å². The predicted molar refractivity (Wildman–Crippen MR) is 78.6 cm³/mol. The van der Waals surface area contributed by atoms with E-state index in [0.29, 0.717) is 0 Å². The fourth-order valence-electron chi connectivity index (χ4n) is 1.58. The second-order valence-electron chi connectivity index (χ2n) is 4.58. The van der Waals surface area contributed by atoms with Gasteiger partial charge in [-0.3, -0.25) is 4.79 Å². The van der Waals surface area contributed by atoms with Crippen molar-refractivity contribution in [2.75, 3.05) is 11.9 Å². The SMILES string of the molecule is CC(C)NC(=O)CCNc1c(F)cc(C(N)=S)cc1F. The van der Waals surface area contributed by atoms with Crippen molar-refractivity contribution in [3.63, 3.8) is 0 Å². The molecular formula is C13H17F2N3OS. The van der Waals surface area contributed by atoms with Gasteiger partial charge in [-0.2, -0.15) is 0 Å². The van der Waals surface area contributed by atoms with Crippen LogP contribution < -0.4 is 16.4 Å². The lowest BCUT2D eigenvalue weighted by molar-refractivity contribution is -0.121. The molecule has 4 N–H and O–H groups in total. The van der Waals surface area contributed by atoms with E-state index in [4.69, 9.17) is 5.73 Å². The summed E-state index contributed by atoms with van der Waals surface area (Å²) < 4.78 is 27.4. The minimum Gasteiger partial charge on any atom is -0.389 e. The van der Waals surface area contributed by atoms with Gasteiger partial charge < -0.3 is 16.4 Å². The highest BCUT2D eigenvalue weighted by Gasteiger charge is 2.12. The number of thiocarbonyl (C=S) groups is 1. The molecule has 0 unspecified atom stereocenters. The van der Waals surface area contributed by atoms with Gasteiger partial charge in [0.15, 0.2) is 0 Å². The Morgan fingerprint density at radius 3 is 2.35 bits per heavy atom. The fraction of sp³-hybridized carbons (Fsp3) is 0.385. The zero-order valence-electron chi connectivity index (χ0n) is 11.3. The summed E-state index contributed by atoms with van der Waals surface area (Å²) in [6.45, 7) is 3.79. The van der Waals surface area contributed by atoms with Crippen molar-refractivity contribution in [1.29, 1.82) is 0 Å². The van der Waals surface area contributed by atoms with Crippen molar-refractivity contribution in [2.24, 2.45) is 5.73 Å². The molecule has 0 spiro atoms. The largest absolute Gasteiger partial charge is 0.389 e. The number of nitrogens with two attached hydrogens (primary N) is 1. The normalized spacial score (nSPS) is 10.4. The number of anilines is 1. The first kappa shape index (κ1) is 16.3. The molecule has 4 nitrogen and oxygen atoms in total. The van der Waals surface area contributed by atoms with Gasteiger partial charge in [0.05, 0.1) is 0 Å². The number of hydrogen-bond donors (Lipinski definition) is 3. The Balaban J connectivity index is 2.65. The van der Waals surface area contributed by atoms with Crippen molar-refractivity contribution < 1.29 is 13.6 Å². The van der Waals surface area contributed by atoms with Crippen molar-refractivity contribution >= 4 is 28.8 Å². The van der Waals surface area contributed by atoms with Gasteiger partial charge in [-0.1, -0.05) is 12.2 Å². The number of hydrogen-bond acceptors (Lipinski definition) is 3. The van der Waals surface area contributed by atoms with E-state index < -0.39 is 11.6 Å². The number of halogens is 2. The summed E-state index contributed by atoms with van der Waals surface area (Å²) in [7, 11) is 0. The zero-order chi connectivity index (χ0) is 15.3. The van der Waals surface area contributed by atoms with E-state index in [1.54, 1.807) is 0 Å². The maximum absolute atomic E-state index is 13.7. The van der Waals surface area contributed by atoms with Crippen LogP contribution in [-0.2, 0) is 4.79 Å². The predicted octanol–water partition coefficient (Wildman–Crippen LogP) is 1.93. The van der Waals surface area contributed by atoms with Crippen molar-refractivity contribution in [2.45, 2.75) is 26.3 Å². The monoisotopic (exact) mass is 301 g/mol. The van der Waals surface area contributed by atoms with E-state index in [0.717, 1.165) is 12.1 Å². The van der Waals surface area contributed by atoms with E-state index in [9.17, 15) is 13.6 Å². The highest BCUT2D eigenvalue weighted by molar-refractivity contribution is 7.80. The molecule has 1 rings (SSSR count). The Kier molecular flexibility index (Phi) is 5.82. The van der Waals surface area contributed by atoms with E-state index in [-0.39, 0.29) is 41.2 Å². The van der Waals surface area contributed by atoms with Crippen LogP contribution in [0.1, 0.15) is 25.8 Å². The van der Waals surface area contributed by atoms with Gasteiger partial charge in [0, 0.05) is 24.6 Å². The topological polar surface area (TPSA) is 67.2 Å². The summed E-state index contributed by atoms with van der Waals surface area (Å²) in [5, 5.41) is 5.24. The van der Waals surface area contributed by atoms with E-state index in [2.05, 4.69) is 22.9 Å². The average Bonchev–Trinajstić information content (AvgIpc) is 2.31. The lowest BCUT2D eigenvalue weighted by Gasteiger charge is -2.11. The Morgan fingerprint density at radius 1 is 1.35 bits per heavy atom. The third kappa shape index (κ3) is 4.73. The zero-order valence-corrected chi connectivity index (χ0v) is 12.1. The van der Waals surface area contributed by atoms with Crippen LogP contribution in [0.2, 0.25) is 0 Å². The lowest BCUT2D eigenvalue weighted by atomic mass is 10.2. The summed E-state index contributed by atoms with van der Waals surface area (Å²) in [5.41, 5.74) is 5.15. The van der Waals surface area contributed by atoms with Crippen LogP contribution in [0.15, 0.2) is 12.1 Å². The lowest BCUT2D eigenvalue weighted by Crippen LogP contribution is -2.31. The molecule has 0 aliphatic carbocycles. The molecule has 1 aromatic carbocycles. The Labute approximate surface area is 121 Å². The molecule has 0 saturated carbocycles. The molecule has 1 amide bonds. The van der Waals surface area contributed by atoms with Crippen molar-refractivity contribution in [1.82, 2.24) is 5.32 Å². The van der Waals surface area contributed by atoms with Gasteiger partial charge in [0.2, 0.25) is 5.91 Å². The minimum atomic E-state index is -0.794. The third-order valence-electron chi connectivity index (χ3n) is 2.43. The first-order chi connectivity index (χ1) is 9.31. The van der Waals surface area contributed by atoms with Gasteiger partial charge in [-0.05, 0) is 26.0 Å².